The number of nitrogens with one attached hydrogen (secondary N) is 1. The predicted octanol–water partition coefficient (Wildman–Crippen LogP) is 2.16. The van der Waals surface area contributed by atoms with Crippen molar-refractivity contribution in [1.82, 2.24) is 20.3 Å². The molecule has 4 heterocycles. The molecule has 0 aliphatic carbocycles. The molecule has 0 radical (unpaired) electrons. The minimum atomic E-state index is -0.537. The molecule has 11 nitrogen and oxygen atoms in total. The van der Waals surface area contributed by atoms with E-state index in [0.29, 0.717) is 69.1 Å². The summed E-state index contributed by atoms with van der Waals surface area (Å²) in [6.07, 6.45) is 3.82. The highest BCUT2D eigenvalue weighted by Gasteiger charge is 2.35. The highest BCUT2D eigenvalue weighted by Crippen LogP contribution is 2.27. The van der Waals surface area contributed by atoms with Crippen LogP contribution < -0.4 is 10.2 Å². The monoisotopic (exact) mass is 562 g/mol. The number of benzene rings is 1. The maximum absolute atomic E-state index is 13.2. The Morgan fingerprint density at radius 1 is 1.07 bits per heavy atom. The molecule has 0 saturated carbocycles. The van der Waals surface area contributed by atoms with Crippen LogP contribution in [0.1, 0.15) is 68.4 Å². The molecule has 41 heavy (non-hydrogen) atoms. The van der Waals surface area contributed by atoms with Crippen molar-refractivity contribution in [2.75, 3.05) is 37.6 Å². The smallest absolute Gasteiger partial charge is 0.243 e. The van der Waals surface area contributed by atoms with Crippen molar-refractivity contribution in [1.29, 1.82) is 5.26 Å². The van der Waals surface area contributed by atoms with Crippen molar-refractivity contribution < 1.29 is 24.0 Å². The Hall–Kier alpha value is -3.91. The Morgan fingerprint density at radius 3 is 2.46 bits per heavy atom. The van der Waals surface area contributed by atoms with Gasteiger partial charge in [0.25, 0.3) is 0 Å². The number of hydrogen-bond donors (Lipinski definition) is 2. The second-order valence-corrected chi connectivity index (χ2v) is 11.4. The third-order valence-corrected chi connectivity index (χ3v) is 8.59. The van der Waals surface area contributed by atoms with Crippen LogP contribution in [0.25, 0.3) is 0 Å². The van der Waals surface area contributed by atoms with E-state index in [2.05, 4.69) is 21.4 Å². The number of anilines is 1. The predicted molar refractivity (Wildman–Crippen MR) is 149 cm³/mol. The van der Waals surface area contributed by atoms with E-state index >= 15 is 0 Å². The fraction of sp³-hybridized carbons (Fsp3) is 0.567. The van der Waals surface area contributed by atoms with Gasteiger partial charge in [0.15, 0.2) is 5.82 Å². The molecule has 1 aromatic heterocycles. The molecule has 5 rings (SSSR count). The Labute approximate surface area is 240 Å². The van der Waals surface area contributed by atoms with Crippen molar-refractivity contribution in [2.45, 2.75) is 70.1 Å². The summed E-state index contributed by atoms with van der Waals surface area (Å²) in [5.41, 5.74) is 1.45. The van der Waals surface area contributed by atoms with Crippen LogP contribution in [-0.4, -0.2) is 82.7 Å². The van der Waals surface area contributed by atoms with Crippen molar-refractivity contribution in [3.8, 4) is 6.07 Å². The number of carbonyl (C=O) groups excluding carboxylic acids is 3. The molecule has 1 aromatic carbocycles. The highest BCUT2D eigenvalue weighted by molar-refractivity contribution is 5.89. The first-order valence-corrected chi connectivity index (χ1v) is 14.6. The van der Waals surface area contributed by atoms with E-state index in [4.69, 9.17) is 9.78 Å². The van der Waals surface area contributed by atoms with E-state index in [1.54, 1.807) is 23.1 Å². The summed E-state index contributed by atoms with van der Waals surface area (Å²) in [6, 6.07) is 10.2. The number of aliphatic hydroxyl groups is 1. The summed E-state index contributed by atoms with van der Waals surface area (Å²) < 4.78 is 5.50. The number of nitriles is 1. The average molecular weight is 563 g/mol. The van der Waals surface area contributed by atoms with Gasteiger partial charge in [-0.2, -0.15) is 5.26 Å². The molecule has 3 amide bonds. The van der Waals surface area contributed by atoms with Crippen LogP contribution in [0.4, 0.5) is 5.82 Å². The van der Waals surface area contributed by atoms with Gasteiger partial charge in [0.05, 0.1) is 30.2 Å². The number of hydrogen-bond acceptors (Lipinski definition) is 8. The van der Waals surface area contributed by atoms with E-state index in [-0.39, 0.29) is 42.2 Å². The van der Waals surface area contributed by atoms with Gasteiger partial charge in [0.1, 0.15) is 11.8 Å². The van der Waals surface area contributed by atoms with E-state index in [1.807, 2.05) is 24.0 Å². The van der Waals surface area contributed by atoms with E-state index in [1.165, 1.54) is 0 Å². The number of carbonyl (C=O) groups is 3. The van der Waals surface area contributed by atoms with Crippen molar-refractivity contribution >= 4 is 23.5 Å². The number of nitrogens with zero attached hydrogens (tertiary/aromatic N) is 5. The maximum atomic E-state index is 13.2. The standard InChI is InChI=1S/C30H38N6O5/c1-20(22-6-4-21(19-31)5-7-22)32-29(39)26-3-2-12-36(26)28(38)18-25-17-27(33-41-25)34-13-8-23(9-14-34)30(40)35-15-10-24(37)11-16-35/h4-7,17,20,23-24,26,37H,2-3,8-16,18H2,1H3,(H,32,39). The zero-order valence-corrected chi connectivity index (χ0v) is 23.5. The third-order valence-electron chi connectivity index (χ3n) is 8.59. The van der Waals surface area contributed by atoms with Crippen molar-refractivity contribution in [3.05, 3.63) is 47.2 Å². The van der Waals surface area contributed by atoms with Gasteiger partial charge in [-0.15, -0.1) is 0 Å². The highest BCUT2D eigenvalue weighted by atomic mass is 16.5. The summed E-state index contributed by atoms with van der Waals surface area (Å²) >= 11 is 0. The lowest BCUT2D eigenvalue weighted by atomic mass is 9.94. The van der Waals surface area contributed by atoms with Gasteiger partial charge >= 0.3 is 0 Å². The molecule has 3 aliphatic rings. The first kappa shape index (κ1) is 28.6. The minimum absolute atomic E-state index is 0.0210. The molecule has 2 atom stereocenters. The molecule has 2 N–H and O–H groups in total. The first-order chi connectivity index (χ1) is 19.8. The summed E-state index contributed by atoms with van der Waals surface area (Å²) in [5, 5.41) is 25.9. The largest absolute Gasteiger partial charge is 0.393 e. The molecule has 3 saturated heterocycles. The molecule has 11 heteroatoms. The summed E-state index contributed by atoms with van der Waals surface area (Å²) in [5.74, 6) is 0.904. The Bertz CT molecular complexity index is 1270. The fourth-order valence-electron chi connectivity index (χ4n) is 6.06. The van der Waals surface area contributed by atoms with Crippen LogP contribution in [0.15, 0.2) is 34.9 Å². The number of rotatable bonds is 7. The molecular formula is C30H38N6O5. The molecule has 3 fully saturated rings. The maximum Gasteiger partial charge on any atom is 0.243 e. The van der Waals surface area contributed by atoms with Gasteiger partial charge in [-0.25, -0.2) is 0 Å². The summed E-state index contributed by atoms with van der Waals surface area (Å²) in [7, 11) is 0. The van der Waals surface area contributed by atoms with Crippen LogP contribution in [0.2, 0.25) is 0 Å². The summed E-state index contributed by atoms with van der Waals surface area (Å²) in [6.45, 7) is 5.00. The van der Waals surface area contributed by atoms with E-state index < -0.39 is 6.04 Å². The first-order valence-electron chi connectivity index (χ1n) is 14.6. The Balaban J connectivity index is 1.11. The number of likely N-dealkylation sites (tertiary alicyclic amines) is 2. The van der Waals surface area contributed by atoms with Crippen LogP contribution in [-0.2, 0) is 20.8 Å². The lowest BCUT2D eigenvalue weighted by Crippen LogP contribution is -2.47. The van der Waals surface area contributed by atoms with Crippen LogP contribution in [0.5, 0.6) is 0 Å². The lowest BCUT2D eigenvalue weighted by Gasteiger charge is -2.36. The molecule has 2 unspecified atom stereocenters. The average Bonchev–Trinajstić information content (AvgIpc) is 3.68. The molecule has 3 aliphatic heterocycles. The van der Waals surface area contributed by atoms with Gasteiger partial charge in [-0.05, 0) is 63.1 Å². The van der Waals surface area contributed by atoms with Gasteiger partial charge in [0, 0.05) is 44.7 Å². The van der Waals surface area contributed by atoms with E-state index in [0.717, 1.165) is 24.8 Å². The van der Waals surface area contributed by atoms with Crippen molar-refractivity contribution in [3.63, 3.8) is 0 Å². The second kappa shape index (κ2) is 12.7. The van der Waals surface area contributed by atoms with Gasteiger partial charge in [-0.3, -0.25) is 14.4 Å². The minimum Gasteiger partial charge on any atom is -0.393 e. The zero-order valence-electron chi connectivity index (χ0n) is 23.5. The fourth-order valence-corrected chi connectivity index (χ4v) is 6.06. The Morgan fingerprint density at radius 2 is 1.78 bits per heavy atom. The lowest BCUT2D eigenvalue weighted by molar-refractivity contribution is -0.138. The quantitative estimate of drug-likeness (QED) is 0.523. The second-order valence-electron chi connectivity index (χ2n) is 11.4. The SMILES string of the molecule is CC(NC(=O)C1CCCN1C(=O)Cc1cc(N2CCC(C(=O)N3CCC(O)CC3)CC2)no1)c1ccc(C#N)cc1. The van der Waals surface area contributed by atoms with Crippen LogP contribution >= 0.6 is 0 Å². The topological polar surface area (TPSA) is 143 Å². The normalized spacial score (nSPS) is 21.0. The summed E-state index contributed by atoms with van der Waals surface area (Å²) in [4.78, 5) is 44.7. The third kappa shape index (κ3) is 6.70. The molecule has 218 valence electrons. The van der Waals surface area contributed by atoms with Gasteiger partial charge in [0.2, 0.25) is 17.7 Å². The van der Waals surface area contributed by atoms with Crippen LogP contribution in [0, 0.1) is 17.2 Å². The number of piperidine rings is 2. The zero-order chi connectivity index (χ0) is 28.9. The van der Waals surface area contributed by atoms with Crippen LogP contribution in [0.3, 0.4) is 0 Å². The number of aromatic nitrogens is 1. The molecule has 2 aromatic rings. The van der Waals surface area contributed by atoms with Gasteiger partial charge in [-0.1, -0.05) is 17.3 Å². The Kier molecular flexibility index (Phi) is 8.88. The number of amides is 3. The molecule has 0 bridgehead atoms. The molecule has 0 spiro atoms. The molecular weight excluding hydrogens is 524 g/mol. The van der Waals surface area contributed by atoms with E-state index in [9.17, 15) is 19.5 Å². The van der Waals surface area contributed by atoms with Crippen molar-refractivity contribution in [2.24, 2.45) is 5.92 Å². The number of aliphatic hydroxyl groups excluding tert-OH is 1. The van der Waals surface area contributed by atoms with Gasteiger partial charge < -0.3 is 29.6 Å².